The largest absolute Gasteiger partial charge is 0.334 e. The number of nitrogens with zero attached hydrogens (tertiary/aromatic N) is 1. The SMILES string of the molecule is O=C(Nc1ccc([N+](=O)[O-])cc1)N[C@@H]1CCNC1. The average Bonchev–Trinajstić information content (AvgIpc) is 2.82. The van der Waals surface area contributed by atoms with E-state index in [4.69, 9.17) is 0 Å². The van der Waals surface area contributed by atoms with Gasteiger partial charge in [-0.05, 0) is 25.1 Å². The number of amides is 2. The normalized spacial score (nSPS) is 18.3. The molecule has 3 N–H and O–H groups in total. The maximum absolute atomic E-state index is 11.6. The third-order valence-corrected chi connectivity index (χ3v) is 2.73. The summed E-state index contributed by atoms with van der Waals surface area (Å²) in [5, 5.41) is 19.1. The van der Waals surface area contributed by atoms with Crippen LogP contribution in [0.5, 0.6) is 0 Å². The maximum Gasteiger partial charge on any atom is 0.319 e. The highest BCUT2D eigenvalue weighted by molar-refractivity contribution is 5.89. The minimum absolute atomic E-state index is 0.000881. The lowest BCUT2D eigenvalue weighted by molar-refractivity contribution is -0.384. The Kier molecular flexibility index (Phi) is 3.73. The van der Waals surface area contributed by atoms with Crippen molar-refractivity contribution in [2.45, 2.75) is 12.5 Å². The number of urea groups is 1. The van der Waals surface area contributed by atoms with Crippen LogP contribution in [-0.2, 0) is 0 Å². The maximum atomic E-state index is 11.6. The van der Waals surface area contributed by atoms with E-state index in [1.165, 1.54) is 24.3 Å². The lowest BCUT2D eigenvalue weighted by atomic mass is 10.2. The summed E-state index contributed by atoms with van der Waals surface area (Å²) in [6.45, 7) is 1.68. The van der Waals surface area contributed by atoms with Gasteiger partial charge in [0.2, 0.25) is 0 Å². The molecule has 7 heteroatoms. The molecule has 0 unspecified atom stereocenters. The highest BCUT2D eigenvalue weighted by atomic mass is 16.6. The van der Waals surface area contributed by atoms with Gasteiger partial charge in [0.05, 0.1) is 4.92 Å². The molecule has 1 saturated heterocycles. The Bertz CT molecular complexity index is 440. The molecule has 1 aromatic rings. The van der Waals surface area contributed by atoms with E-state index in [2.05, 4.69) is 16.0 Å². The number of hydrogen-bond donors (Lipinski definition) is 3. The number of benzene rings is 1. The molecule has 0 aliphatic carbocycles. The van der Waals surface area contributed by atoms with E-state index in [-0.39, 0.29) is 17.8 Å². The van der Waals surface area contributed by atoms with Crippen molar-refractivity contribution in [1.29, 1.82) is 0 Å². The predicted octanol–water partition coefficient (Wildman–Crippen LogP) is 1.08. The Morgan fingerprint density at radius 1 is 1.39 bits per heavy atom. The van der Waals surface area contributed by atoms with Crippen LogP contribution in [0.2, 0.25) is 0 Å². The number of carbonyl (C=O) groups excluding carboxylic acids is 1. The number of non-ortho nitro benzene ring substituents is 1. The Hall–Kier alpha value is -2.15. The van der Waals surface area contributed by atoms with Crippen LogP contribution in [0.4, 0.5) is 16.2 Å². The first-order chi connectivity index (χ1) is 8.65. The van der Waals surface area contributed by atoms with Gasteiger partial charge in [0.1, 0.15) is 0 Å². The number of rotatable bonds is 3. The fourth-order valence-electron chi connectivity index (χ4n) is 1.80. The van der Waals surface area contributed by atoms with E-state index in [1.807, 2.05) is 0 Å². The Morgan fingerprint density at radius 2 is 2.11 bits per heavy atom. The average molecular weight is 250 g/mol. The lowest BCUT2D eigenvalue weighted by Crippen LogP contribution is -2.39. The minimum atomic E-state index is -0.478. The monoisotopic (exact) mass is 250 g/mol. The van der Waals surface area contributed by atoms with E-state index in [1.54, 1.807) is 0 Å². The molecule has 1 atom stereocenters. The smallest absolute Gasteiger partial charge is 0.319 e. The van der Waals surface area contributed by atoms with Crippen molar-refractivity contribution in [3.8, 4) is 0 Å². The zero-order valence-electron chi connectivity index (χ0n) is 9.68. The van der Waals surface area contributed by atoms with Crippen molar-refractivity contribution >= 4 is 17.4 Å². The van der Waals surface area contributed by atoms with Crippen molar-refractivity contribution in [3.05, 3.63) is 34.4 Å². The van der Waals surface area contributed by atoms with Crippen LogP contribution in [0, 0.1) is 10.1 Å². The van der Waals surface area contributed by atoms with E-state index < -0.39 is 4.92 Å². The Morgan fingerprint density at radius 3 is 2.67 bits per heavy atom. The molecule has 1 heterocycles. The lowest BCUT2D eigenvalue weighted by Gasteiger charge is -2.12. The summed E-state index contributed by atoms with van der Waals surface area (Å²) in [4.78, 5) is 21.6. The summed E-state index contributed by atoms with van der Waals surface area (Å²) in [5.74, 6) is 0. The van der Waals surface area contributed by atoms with Crippen molar-refractivity contribution in [2.24, 2.45) is 0 Å². The zero-order valence-corrected chi connectivity index (χ0v) is 9.68. The van der Waals surface area contributed by atoms with E-state index in [9.17, 15) is 14.9 Å². The number of nitro groups is 1. The molecule has 0 radical (unpaired) electrons. The van der Waals surface area contributed by atoms with Crippen LogP contribution in [0.1, 0.15) is 6.42 Å². The van der Waals surface area contributed by atoms with Crippen LogP contribution < -0.4 is 16.0 Å². The number of hydrogen-bond acceptors (Lipinski definition) is 4. The van der Waals surface area contributed by atoms with Crippen LogP contribution in [0.15, 0.2) is 24.3 Å². The molecule has 7 nitrogen and oxygen atoms in total. The fraction of sp³-hybridized carbons (Fsp3) is 0.364. The molecule has 96 valence electrons. The highest BCUT2D eigenvalue weighted by Gasteiger charge is 2.16. The zero-order chi connectivity index (χ0) is 13.0. The second-order valence-corrected chi connectivity index (χ2v) is 4.09. The van der Waals surface area contributed by atoms with Gasteiger partial charge in [-0.1, -0.05) is 0 Å². The summed E-state index contributed by atoms with van der Waals surface area (Å²) in [5.41, 5.74) is 0.532. The molecule has 0 aromatic heterocycles. The first-order valence-electron chi connectivity index (χ1n) is 5.68. The standard InChI is InChI=1S/C11H14N4O3/c16-11(14-9-5-6-12-7-9)13-8-1-3-10(4-2-8)15(17)18/h1-4,9,12H,5-7H2,(H2,13,14,16)/t9-/m1/s1. The molecule has 1 aliphatic rings. The molecule has 1 aliphatic heterocycles. The number of nitrogens with one attached hydrogen (secondary N) is 3. The molecular weight excluding hydrogens is 236 g/mol. The quantitative estimate of drug-likeness (QED) is 0.552. The molecule has 2 amide bonds. The van der Waals surface area contributed by atoms with Gasteiger partial charge in [0, 0.05) is 30.4 Å². The third kappa shape index (κ3) is 3.17. The van der Waals surface area contributed by atoms with Gasteiger partial charge in [-0.2, -0.15) is 0 Å². The number of nitro benzene ring substituents is 1. The molecule has 1 aromatic carbocycles. The van der Waals surface area contributed by atoms with Crippen LogP contribution in [0.3, 0.4) is 0 Å². The molecule has 0 saturated carbocycles. The third-order valence-electron chi connectivity index (χ3n) is 2.73. The highest BCUT2D eigenvalue weighted by Crippen LogP contribution is 2.15. The van der Waals surface area contributed by atoms with Gasteiger partial charge >= 0.3 is 6.03 Å². The second kappa shape index (κ2) is 5.46. The van der Waals surface area contributed by atoms with Gasteiger partial charge < -0.3 is 16.0 Å². The van der Waals surface area contributed by atoms with Gasteiger partial charge in [-0.3, -0.25) is 10.1 Å². The van der Waals surface area contributed by atoms with Crippen LogP contribution in [0.25, 0.3) is 0 Å². The van der Waals surface area contributed by atoms with Crippen LogP contribution >= 0.6 is 0 Å². The number of carbonyl (C=O) groups is 1. The molecule has 1 fully saturated rings. The predicted molar refractivity (Wildman–Crippen MR) is 66.5 cm³/mol. The van der Waals surface area contributed by atoms with E-state index >= 15 is 0 Å². The van der Waals surface area contributed by atoms with Crippen LogP contribution in [-0.4, -0.2) is 30.1 Å². The minimum Gasteiger partial charge on any atom is -0.334 e. The van der Waals surface area contributed by atoms with Crippen molar-refractivity contribution in [1.82, 2.24) is 10.6 Å². The van der Waals surface area contributed by atoms with Crippen molar-refractivity contribution in [2.75, 3.05) is 18.4 Å². The second-order valence-electron chi connectivity index (χ2n) is 4.09. The molecule has 0 spiro atoms. The van der Waals surface area contributed by atoms with Gasteiger partial charge in [-0.25, -0.2) is 4.79 Å². The Balaban J connectivity index is 1.88. The first kappa shape index (κ1) is 12.3. The van der Waals surface area contributed by atoms with Gasteiger partial charge in [0.25, 0.3) is 5.69 Å². The van der Waals surface area contributed by atoms with Crippen molar-refractivity contribution < 1.29 is 9.72 Å². The number of anilines is 1. The molecule has 2 rings (SSSR count). The van der Waals surface area contributed by atoms with Gasteiger partial charge in [-0.15, -0.1) is 0 Å². The molecule has 18 heavy (non-hydrogen) atoms. The van der Waals surface area contributed by atoms with Gasteiger partial charge in [0.15, 0.2) is 0 Å². The summed E-state index contributed by atoms with van der Waals surface area (Å²) < 4.78 is 0. The summed E-state index contributed by atoms with van der Waals surface area (Å²) in [6, 6.07) is 5.56. The van der Waals surface area contributed by atoms with E-state index in [0.29, 0.717) is 5.69 Å². The summed E-state index contributed by atoms with van der Waals surface area (Å²) >= 11 is 0. The summed E-state index contributed by atoms with van der Waals surface area (Å²) in [6.07, 6.45) is 0.910. The Labute approximate surface area is 104 Å². The molecular formula is C11H14N4O3. The topological polar surface area (TPSA) is 96.3 Å². The first-order valence-corrected chi connectivity index (χ1v) is 5.68. The molecule has 0 bridgehead atoms. The fourth-order valence-corrected chi connectivity index (χ4v) is 1.80. The summed E-state index contributed by atoms with van der Waals surface area (Å²) in [7, 11) is 0. The van der Waals surface area contributed by atoms with Crippen molar-refractivity contribution in [3.63, 3.8) is 0 Å². The van der Waals surface area contributed by atoms with E-state index in [0.717, 1.165) is 19.5 Å².